The van der Waals surface area contributed by atoms with Gasteiger partial charge in [-0.3, -0.25) is 4.79 Å². The highest BCUT2D eigenvalue weighted by molar-refractivity contribution is 5.67. The lowest BCUT2D eigenvalue weighted by Gasteiger charge is -2.42. The van der Waals surface area contributed by atoms with Gasteiger partial charge in [-0.05, 0) is 63.7 Å². The number of aliphatic hydroxyl groups is 3. The van der Waals surface area contributed by atoms with Crippen LogP contribution in [0.5, 0.6) is 0 Å². The van der Waals surface area contributed by atoms with E-state index in [0.717, 1.165) is 57.8 Å². The molecule has 0 aromatic carbocycles. The van der Waals surface area contributed by atoms with E-state index in [4.69, 9.17) is 5.11 Å². The lowest BCUT2D eigenvalue weighted by atomic mass is 9.73. The van der Waals surface area contributed by atoms with Gasteiger partial charge in [0.1, 0.15) is 0 Å². The highest BCUT2D eigenvalue weighted by Gasteiger charge is 2.36. The van der Waals surface area contributed by atoms with E-state index >= 15 is 0 Å². The largest absolute Gasteiger partial charge is 0.481 e. The monoisotopic (exact) mass is 371 g/mol. The molecule has 1 aliphatic heterocycles. The van der Waals surface area contributed by atoms with Gasteiger partial charge < -0.3 is 25.7 Å². The van der Waals surface area contributed by atoms with Crippen molar-refractivity contribution in [1.82, 2.24) is 5.32 Å². The summed E-state index contributed by atoms with van der Waals surface area (Å²) in [6.07, 6.45) is 7.88. The molecule has 0 aromatic heterocycles. The molecule has 0 radical (unpaired) electrons. The molecule has 0 bridgehead atoms. The molecule has 2 rings (SSSR count). The van der Waals surface area contributed by atoms with Crippen LogP contribution in [-0.2, 0) is 4.79 Å². The summed E-state index contributed by atoms with van der Waals surface area (Å²) < 4.78 is 0. The minimum absolute atomic E-state index is 0.139. The van der Waals surface area contributed by atoms with Gasteiger partial charge in [0.05, 0.1) is 24.7 Å². The predicted molar refractivity (Wildman–Crippen MR) is 99.8 cm³/mol. The standard InChI is InChI=1S/C20H37NO5/c1-13-18(23)10-9-17(21-13)15-8-7-14(19(24)11-15)5-3-2-4-6-16(22)12-20(25)26/h13-19,21-24H,2-12H2,1H3,(H,25,26)/t13-,14+,15+,16+,17-,18+,19+/m0/s1. The summed E-state index contributed by atoms with van der Waals surface area (Å²) in [5, 5.41) is 42.1. The Kier molecular flexibility index (Phi) is 8.80. The van der Waals surface area contributed by atoms with Crippen molar-refractivity contribution in [2.75, 3.05) is 0 Å². The van der Waals surface area contributed by atoms with Gasteiger partial charge in [0.25, 0.3) is 0 Å². The number of carboxylic acid groups (broad SMARTS) is 1. The molecule has 26 heavy (non-hydrogen) atoms. The van der Waals surface area contributed by atoms with E-state index in [1.807, 2.05) is 6.92 Å². The number of hydrogen-bond acceptors (Lipinski definition) is 5. The Bertz CT molecular complexity index is 432. The fraction of sp³-hybridized carbons (Fsp3) is 0.950. The molecule has 2 fully saturated rings. The van der Waals surface area contributed by atoms with Crippen LogP contribution < -0.4 is 5.32 Å². The number of unbranched alkanes of at least 4 members (excludes halogenated alkanes) is 2. The summed E-state index contributed by atoms with van der Waals surface area (Å²) in [5.41, 5.74) is 0. The highest BCUT2D eigenvalue weighted by Crippen LogP contribution is 2.36. The Labute approximate surface area is 157 Å². The van der Waals surface area contributed by atoms with Crippen LogP contribution in [0.25, 0.3) is 0 Å². The average Bonchev–Trinajstić information content (AvgIpc) is 2.57. The first-order chi connectivity index (χ1) is 12.4. The molecule has 6 heteroatoms. The Morgan fingerprint density at radius 3 is 2.50 bits per heavy atom. The van der Waals surface area contributed by atoms with Gasteiger partial charge in [0.2, 0.25) is 0 Å². The van der Waals surface area contributed by atoms with Gasteiger partial charge in [-0.2, -0.15) is 0 Å². The summed E-state index contributed by atoms with van der Waals surface area (Å²) in [4.78, 5) is 10.5. The second-order valence-electron chi connectivity index (χ2n) is 8.50. The normalized spacial score (nSPS) is 36.6. The number of aliphatic hydroxyl groups excluding tert-OH is 3. The lowest BCUT2D eigenvalue weighted by Crippen LogP contribution is -2.53. The van der Waals surface area contributed by atoms with Crippen LogP contribution in [0.15, 0.2) is 0 Å². The number of hydrogen-bond donors (Lipinski definition) is 5. The second kappa shape index (κ2) is 10.6. The molecule has 1 heterocycles. The minimum Gasteiger partial charge on any atom is -0.481 e. The van der Waals surface area contributed by atoms with Crippen LogP contribution in [0.3, 0.4) is 0 Å². The number of aliphatic carboxylic acids is 1. The van der Waals surface area contributed by atoms with Crippen molar-refractivity contribution < 1.29 is 25.2 Å². The average molecular weight is 372 g/mol. The van der Waals surface area contributed by atoms with Gasteiger partial charge >= 0.3 is 5.97 Å². The number of piperidine rings is 1. The van der Waals surface area contributed by atoms with E-state index < -0.39 is 12.1 Å². The lowest BCUT2D eigenvalue weighted by molar-refractivity contribution is -0.139. The Balaban J connectivity index is 1.61. The van der Waals surface area contributed by atoms with Crippen molar-refractivity contribution in [2.45, 2.75) is 108 Å². The van der Waals surface area contributed by atoms with Gasteiger partial charge in [-0.25, -0.2) is 0 Å². The third kappa shape index (κ3) is 6.80. The molecule has 6 nitrogen and oxygen atoms in total. The summed E-state index contributed by atoms with van der Waals surface area (Å²) in [6, 6.07) is 0.555. The Morgan fingerprint density at radius 1 is 1.08 bits per heavy atom. The van der Waals surface area contributed by atoms with Crippen LogP contribution in [0.4, 0.5) is 0 Å². The van der Waals surface area contributed by atoms with Crippen molar-refractivity contribution >= 4 is 5.97 Å². The van der Waals surface area contributed by atoms with Crippen molar-refractivity contribution in [3.8, 4) is 0 Å². The summed E-state index contributed by atoms with van der Waals surface area (Å²) in [5.74, 6) is -0.0853. The van der Waals surface area contributed by atoms with E-state index in [1.165, 1.54) is 0 Å². The quantitative estimate of drug-likeness (QED) is 0.397. The van der Waals surface area contributed by atoms with Crippen molar-refractivity contribution in [3.63, 3.8) is 0 Å². The summed E-state index contributed by atoms with van der Waals surface area (Å²) in [7, 11) is 0. The topological polar surface area (TPSA) is 110 Å². The zero-order chi connectivity index (χ0) is 19.1. The van der Waals surface area contributed by atoms with Gasteiger partial charge in [-0.1, -0.05) is 19.3 Å². The van der Waals surface area contributed by atoms with E-state index in [1.54, 1.807) is 0 Å². The molecular formula is C20H37NO5. The van der Waals surface area contributed by atoms with Crippen LogP contribution >= 0.6 is 0 Å². The molecule has 7 atom stereocenters. The number of nitrogens with one attached hydrogen (secondary N) is 1. The number of carboxylic acids is 1. The summed E-state index contributed by atoms with van der Waals surface area (Å²) in [6.45, 7) is 2.03. The van der Waals surface area contributed by atoms with Crippen LogP contribution in [0.1, 0.15) is 77.6 Å². The Hall–Kier alpha value is -0.690. The third-order valence-electron chi connectivity index (χ3n) is 6.42. The van der Waals surface area contributed by atoms with Gasteiger partial charge in [0, 0.05) is 12.1 Å². The van der Waals surface area contributed by atoms with E-state index in [9.17, 15) is 20.1 Å². The van der Waals surface area contributed by atoms with Crippen molar-refractivity contribution in [3.05, 3.63) is 0 Å². The first-order valence-electron chi connectivity index (χ1n) is 10.4. The maximum Gasteiger partial charge on any atom is 0.305 e. The first kappa shape index (κ1) is 21.6. The predicted octanol–water partition coefficient (Wildman–Crippen LogP) is 2.05. The molecule has 2 aliphatic rings. The van der Waals surface area contributed by atoms with E-state index in [-0.39, 0.29) is 24.7 Å². The molecule has 1 aliphatic carbocycles. The molecule has 0 unspecified atom stereocenters. The third-order valence-corrected chi connectivity index (χ3v) is 6.42. The van der Waals surface area contributed by atoms with E-state index in [2.05, 4.69) is 5.32 Å². The van der Waals surface area contributed by atoms with Gasteiger partial charge in [0.15, 0.2) is 0 Å². The van der Waals surface area contributed by atoms with Crippen molar-refractivity contribution in [1.29, 1.82) is 0 Å². The first-order valence-corrected chi connectivity index (χ1v) is 10.4. The smallest absolute Gasteiger partial charge is 0.305 e. The van der Waals surface area contributed by atoms with Crippen LogP contribution in [0, 0.1) is 11.8 Å². The fourth-order valence-corrected chi connectivity index (χ4v) is 4.71. The molecule has 0 aromatic rings. The minimum atomic E-state index is -0.950. The fourth-order valence-electron chi connectivity index (χ4n) is 4.71. The van der Waals surface area contributed by atoms with Crippen LogP contribution in [-0.4, -0.2) is 56.8 Å². The molecule has 5 N–H and O–H groups in total. The molecule has 0 amide bonds. The molecule has 0 spiro atoms. The molecule has 1 saturated carbocycles. The second-order valence-corrected chi connectivity index (χ2v) is 8.50. The molecular weight excluding hydrogens is 334 g/mol. The van der Waals surface area contributed by atoms with Gasteiger partial charge in [-0.15, -0.1) is 0 Å². The zero-order valence-electron chi connectivity index (χ0n) is 16.0. The van der Waals surface area contributed by atoms with Crippen molar-refractivity contribution in [2.24, 2.45) is 11.8 Å². The Morgan fingerprint density at radius 2 is 1.85 bits per heavy atom. The number of carbonyl (C=O) groups is 1. The summed E-state index contributed by atoms with van der Waals surface area (Å²) >= 11 is 0. The molecule has 152 valence electrons. The highest BCUT2D eigenvalue weighted by atomic mass is 16.4. The SMILES string of the molecule is C[C@@H]1N[C@H]([C@@H]2CC[C@@H](CCCCC[C@@H](O)CC(=O)O)[C@H](O)C2)CC[C@H]1O. The molecule has 1 saturated heterocycles. The maximum atomic E-state index is 10.5. The number of rotatable bonds is 9. The van der Waals surface area contributed by atoms with Crippen LogP contribution in [0.2, 0.25) is 0 Å². The maximum absolute atomic E-state index is 10.5. The zero-order valence-corrected chi connectivity index (χ0v) is 16.0. The van der Waals surface area contributed by atoms with E-state index in [0.29, 0.717) is 24.3 Å².